The average molecular weight is 191 g/mol. The van der Waals surface area contributed by atoms with Crippen molar-refractivity contribution in [2.24, 2.45) is 0 Å². The predicted molar refractivity (Wildman–Crippen MR) is 62.1 cm³/mol. The maximum Gasteiger partial charge on any atom is 0.219 e. The predicted octanol–water partition coefficient (Wildman–Crippen LogP) is 1.41. The fourth-order valence-corrected chi connectivity index (χ4v) is 1.38. The Bertz CT molecular complexity index is 240. The molecule has 0 atom stereocenters. The topological polar surface area (TPSA) is 29.0 Å². The molecule has 1 aromatic rings. The van der Waals surface area contributed by atoms with Crippen molar-refractivity contribution in [1.82, 2.24) is 9.97 Å². The Morgan fingerprint density at radius 2 is 2.14 bits per heavy atom. The summed E-state index contributed by atoms with van der Waals surface area (Å²) in [5.41, 5.74) is 0. The van der Waals surface area contributed by atoms with Gasteiger partial charge in [-0.1, -0.05) is 26.2 Å². The molecule has 0 spiro atoms. The number of hydrogen-bond acceptors (Lipinski definition) is 3. The first-order valence-corrected chi connectivity index (χ1v) is 5.31. The summed E-state index contributed by atoms with van der Waals surface area (Å²) in [5.74, 6) is 0.962. The zero-order chi connectivity index (χ0) is 10.2. The van der Waals surface area contributed by atoms with Crippen LogP contribution in [-0.2, 0) is 0 Å². The zero-order valence-corrected chi connectivity index (χ0v) is 9.11. The van der Waals surface area contributed by atoms with E-state index in [9.17, 15) is 0 Å². The molecule has 0 fully saturated rings. The van der Waals surface area contributed by atoms with Crippen LogP contribution in [0.5, 0.6) is 0 Å². The molecule has 0 amide bonds. The Morgan fingerprint density at radius 3 is 2.79 bits per heavy atom. The molecule has 0 aliphatic carbocycles. The minimum atomic E-state index is 0.962. The van der Waals surface area contributed by atoms with Gasteiger partial charge in [0.2, 0.25) is 7.98 Å². The van der Waals surface area contributed by atoms with Gasteiger partial charge < -0.3 is 4.81 Å². The highest BCUT2D eigenvalue weighted by molar-refractivity contribution is 6.17. The van der Waals surface area contributed by atoms with Gasteiger partial charge in [-0.05, 0) is 6.42 Å². The molecule has 1 heterocycles. The third kappa shape index (κ3) is 3.77. The molecule has 0 saturated carbocycles. The third-order valence-corrected chi connectivity index (χ3v) is 2.29. The first-order chi connectivity index (χ1) is 6.84. The molecule has 0 unspecified atom stereocenters. The molecule has 0 radical (unpaired) electrons. The van der Waals surface area contributed by atoms with E-state index in [0.717, 1.165) is 12.4 Å². The van der Waals surface area contributed by atoms with Gasteiger partial charge >= 0.3 is 0 Å². The van der Waals surface area contributed by atoms with Crippen molar-refractivity contribution in [2.75, 3.05) is 11.4 Å². The van der Waals surface area contributed by atoms with Crippen LogP contribution in [-0.4, -0.2) is 24.5 Å². The normalized spacial score (nSPS) is 10.1. The van der Waals surface area contributed by atoms with Crippen LogP contribution in [0.4, 0.5) is 5.82 Å². The van der Waals surface area contributed by atoms with Crippen molar-refractivity contribution in [3.63, 3.8) is 0 Å². The maximum atomic E-state index is 4.24. The lowest BCUT2D eigenvalue weighted by Crippen LogP contribution is -2.21. The molecule has 76 valence electrons. The highest BCUT2D eigenvalue weighted by Crippen LogP contribution is 2.06. The molecule has 0 aliphatic heterocycles. The van der Waals surface area contributed by atoms with E-state index in [0.29, 0.717) is 0 Å². The monoisotopic (exact) mass is 191 g/mol. The van der Waals surface area contributed by atoms with Crippen LogP contribution >= 0.6 is 0 Å². The molecule has 3 nitrogen and oxygen atoms in total. The Morgan fingerprint density at radius 1 is 1.29 bits per heavy atom. The Kier molecular flexibility index (Phi) is 5.04. The van der Waals surface area contributed by atoms with Crippen LogP contribution in [0, 0.1) is 0 Å². The average Bonchev–Trinajstić information content (AvgIpc) is 2.25. The van der Waals surface area contributed by atoms with Gasteiger partial charge in [0.1, 0.15) is 5.82 Å². The van der Waals surface area contributed by atoms with Gasteiger partial charge in [-0.2, -0.15) is 0 Å². The van der Waals surface area contributed by atoms with E-state index in [2.05, 4.69) is 29.7 Å². The first-order valence-electron chi connectivity index (χ1n) is 5.31. The van der Waals surface area contributed by atoms with Gasteiger partial charge in [-0.25, -0.2) is 4.98 Å². The smallest absolute Gasteiger partial charge is 0.219 e. The van der Waals surface area contributed by atoms with E-state index in [4.69, 9.17) is 0 Å². The number of rotatable bonds is 6. The fraction of sp³-hybridized carbons (Fsp3) is 0.600. The number of aromatic nitrogens is 2. The minimum absolute atomic E-state index is 0.962. The molecule has 0 aromatic carbocycles. The van der Waals surface area contributed by atoms with Gasteiger partial charge in [0.05, 0.1) is 6.20 Å². The van der Waals surface area contributed by atoms with Gasteiger partial charge in [-0.15, -0.1) is 0 Å². The van der Waals surface area contributed by atoms with Gasteiger partial charge in [0.25, 0.3) is 0 Å². The second kappa shape index (κ2) is 6.41. The summed E-state index contributed by atoms with van der Waals surface area (Å²) >= 11 is 0. The van der Waals surface area contributed by atoms with E-state index in [1.165, 1.54) is 25.7 Å². The molecule has 0 bridgehead atoms. The van der Waals surface area contributed by atoms with Crippen molar-refractivity contribution in [3.05, 3.63) is 18.6 Å². The van der Waals surface area contributed by atoms with Crippen LogP contribution in [0.1, 0.15) is 32.6 Å². The van der Waals surface area contributed by atoms with Crippen LogP contribution in [0.3, 0.4) is 0 Å². The second-order valence-corrected chi connectivity index (χ2v) is 3.55. The lowest BCUT2D eigenvalue weighted by molar-refractivity contribution is 0.673. The van der Waals surface area contributed by atoms with E-state index in [-0.39, 0.29) is 0 Å². The lowest BCUT2D eigenvalue weighted by atomic mass is 10.1. The van der Waals surface area contributed by atoms with Crippen LogP contribution in [0.25, 0.3) is 0 Å². The zero-order valence-electron chi connectivity index (χ0n) is 9.11. The molecule has 4 heteroatoms. The highest BCUT2D eigenvalue weighted by Gasteiger charge is 1.99. The van der Waals surface area contributed by atoms with E-state index >= 15 is 0 Å². The second-order valence-electron chi connectivity index (χ2n) is 3.55. The van der Waals surface area contributed by atoms with E-state index in [1.807, 2.05) is 0 Å². The molecule has 1 rings (SSSR count). The summed E-state index contributed by atoms with van der Waals surface area (Å²) in [4.78, 5) is 10.4. The van der Waals surface area contributed by atoms with E-state index in [1.54, 1.807) is 18.6 Å². The summed E-state index contributed by atoms with van der Waals surface area (Å²) in [5, 5.41) is 0. The molecule has 1 aromatic heterocycles. The summed E-state index contributed by atoms with van der Waals surface area (Å²) in [6.07, 6.45) is 10.4. The Balaban J connectivity index is 2.25. The van der Waals surface area contributed by atoms with Crippen molar-refractivity contribution >= 4 is 13.8 Å². The van der Waals surface area contributed by atoms with Crippen molar-refractivity contribution in [2.45, 2.75) is 32.6 Å². The molecule has 0 N–H and O–H groups in total. The Labute approximate surface area is 87.0 Å². The SMILES string of the molecule is BN(CCCCCC)c1cnccn1. The number of unbranched alkanes of at least 4 members (excludes halogenated alkanes) is 3. The molecule has 14 heavy (non-hydrogen) atoms. The van der Waals surface area contributed by atoms with E-state index < -0.39 is 0 Å². The molecular weight excluding hydrogens is 173 g/mol. The van der Waals surface area contributed by atoms with Crippen LogP contribution in [0.2, 0.25) is 0 Å². The van der Waals surface area contributed by atoms with Crippen molar-refractivity contribution < 1.29 is 0 Å². The largest absolute Gasteiger partial charge is 0.406 e. The number of nitrogens with zero attached hydrogens (tertiary/aromatic N) is 3. The van der Waals surface area contributed by atoms with Crippen molar-refractivity contribution in [3.8, 4) is 0 Å². The summed E-state index contributed by atoms with van der Waals surface area (Å²) in [6.45, 7) is 3.30. The number of anilines is 1. The van der Waals surface area contributed by atoms with Crippen LogP contribution in [0.15, 0.2) is 18.6 Å². The number of hydrogen-bond donors (Lipinski definition) is 0. The summed E-state index contributed by atoms with van der Waals surface area (Å²) in [7, 11) is 2.07. The Hall–Kier alpha value is -1.06. The molecule has 0 saturated heterocycles. The first kappa shape index (κ1) is 11.0. The minimum Gasteiger partial charge on any atom is -0.406 e. The third-order valence-electron chi connectivity index (χ3n) is 2.29. The summed E-state index contributed by atoms with van der Waals surface area (Å²) < 4.78 is 0. The standard InChI is InChI=1S/C10H18BN3/c1-2-3-4-5-8-14(11)10-9-12-6-7-13-10/h6-7,9H,2-5,8,11H2,1H3. The molecule has 0 aliphatic rings. The maximum absolute atomic E-state index is 4.24. The van der Waals surface area contributed by atoms with Crippen LogP contribution < -0.4 is 4.81 Å². The highest BCUT2D eigenvalue weighted by atomic mass is 15.1. The van der Waals surface area contributed by atoms with Gasteiger partial charge in [0.15, 0.2) is 0 Å². The fourth-order valence-electron chi connectivity index (χ4n) is 1.38. The van der Waals surface area contributed by atoms with Gasteiger partial charge in [0, 0.05) is 18.9 Å². The molecular formula is C10H18BN3. The van der Waals surface area contributed by atoms with Crippen molar-refractivity contribution in [1.29, 1.82) is 0 Å². The summed E-state index contributed by atoms with van der Waals surface area (Å²) in [6, 6.07) is 0. The quantitative estimate of drug-likeness (QED) is 0.502. The lowest BCUT2D eigenvalue weighted by Gasteiger charge is -2.17. The van der Waals surface area contributed by atoms with Gasteiger partial charge in [-0.3, -0.25) is 4.98 Å².